The Morgan fingerprint density at radius 1 is 1.05 bits per heavy atom. The molecule has 10 nitrogen and oxygen atoms in total. The van der Waals surface area contributed by atoms with E-state index in [1.807, 2.05) is 41.4 Å². The number of hydrogen-bond acceptors (Lipinski definition) is 6. The predicted octanol–water partition coefficient (Wildman–Crippen LogP) is 2.01. The van der Waals surface area contributed by atoms with Gasteiger partial charge in [0.05, 0.1) is 17.2 Å². The summed E-state index contributed by atoms with van der Waals surface area (Å²) in [6.45, 7) is 2.03. The van der Waals surface area contributed by atoms with Crippen LogP contribution < -0.4 is 16.4 Å². The fourth-order valence-corrected chi connectivity index (χ4v) is 6.37. The Morgan fingerprint density at radius 3 is 2.50 bits per heavy atom. The molecule has 3 amide bonds. The maximum absolute atomic E-state index is 14.0. The number of nitrogens with two attached hydrogens (primary N) is 1. The largest absolute Gasteiger partial charge is 0.354 e. The molecule has 1 spiro atoms. The van der Waals surface area contributed by atoms with Crippen LogP contribution >= 0.6 is 12.4 Å². The number of piperidine rings is 1. The second kappa shape index (κ2) is 13.6. The summed E-state index contributed by atoms with van der Waals surface area (Å²) >= 11 is 0. The van der Waals surface area contributed by atoms with Crippen LogP contribution in [0.15, 0.2) is 36.5 Å². The SMILES string of the molecule is Cl.N[C@H](C(=O)N1CCC2(CC1)Cc1cn(nn1)CCCNC(=O)[C@H](Cc1ccccc1)NC2=O)C1CCCCC1. The average molecular weight is 572 g/mol. The first-order valence-electron chi connectivity index (χ1n) is 14.5. The number of aryl methyl sites for hydroxylation is 1. The molecule has 1 aromatic heterocycles. The topological polar surface area (TPSA) is 135 Å². The van der Waals surface area contributed by atoms with Gasteiger partial charge in [0.15, 0.2) is 0 Å². The molecule has 0 unspecified atom stereocenters. The number of likely N-dealkylation sites (tertiary alicyclic amines) is 1. The van der Waals surface area contributed by atoms with E-state index in [2.05, 4.69) is 20.9 Å². The molecule has 1 aromatic carbocycles. The molecule has 3 aliphatic rings. The standard InChI is InChI=1S/C29H41N7O3.ClH/c30-25(22-10-5-2-6-11-22)27(38)35-16-12-29(13-17-35)19-23-20-36(34-33-23)15-7-14-31-26(37)24(32-28(29)39)18-21-8-3-1-4-9-21;/h1,3-4,8-9,20,22,24-25H,2,5-7,10-19,30H2,(H,31,37)(H,32,39);1H/t24-,25-;/m0./s1. The molecular weight excluding hydrogens is 530 g/mol. The highest BCUT2D eigenvalue weighted by Crippen LogP contribution is 2.36. The van der Waals surface area contributed by atoms with E-state index in [0.717, 1.165) is 36.9 Å². The van der Waals surface area contributed by atoms with Gasteiger partial charge >= 0.3 is 0 Å². The molecule has 0 radical (unpaired) electrons. The summed E-state index contributed by atoms with van der Waals surface area (Å²) in [7, 11) is 0. The Morgan fingerprint density at radius 2 is 1.77 bits per heavy atom. The van der Waals surface area contributed by atoms with E-state index in [-0.39, 0.29) is 36.0 Å². The van der Waals surface area contributed by atoms with Crippen LogP contribution in [0.5, 0.6) is 0 Å². The van der Waals surface area contributed by atoms with Gasteiger partial charge in [-0.3, -0.25) is 19.1 Å². The molecule has 5 rings (SSSR count). The summed E-state index contributed by atoms with van der Waals surface area (Å²) in [4.78, 5) is 42.4. The van der Waals surface area contributed by atoms with E-state index in [0.29, 0.717) is 58.3 Å². The summed E-state index contributed by atoms with van der Waals surface area (Å²) in [6, 6.07) is 8.56. The number of nitrogens with one attached hydrogen (secondary N) is 2. The van der Waals surface area contributed by atoms with Crippen LogP contribution in [-0.2, 0) is 33.8 Å². The molecule has 2 aromatic rings. The van der Waals surface area contributed by atoms with Crippen molar-refractivity contribution in [3.8, 4) is 0 Å². The normalized spacial score (nSPS) is 23.0. The van der Waals surface area contributed by atoms with E-state index >= 15 is 0 Å². The van der Waals surface area contributed by atoms with Gasteiger partial charge in [-0.1, -0.05) is 54.8 Å². The molecule has 2 atom stereocenters. The van der Waals surface area contributed by atoms with Crippen LogP contribution in [0.4, 0.5) is 0 Å². The third-order valence-corrected chi connectivity index (χ3v) is 8.83. The fraction of sp³-hybridized carbons (Fsp3) is 0.621. The van der Waals surface area contributed by atoms with Crippen LogP contribution in [0.25, 0.3) is 0 Å². The number of carbonyl (C=O) groups is 3. The number of rotatable bonds is 4. The lowest BCUT2D eigenvalue weighted by molar-refractivity contribution is -0.143. The fourth-order valence-electron chi connectivity index (χ4n) is 6.37. The Balaban J connectivity index is 0.00000370. The van der Waals surface area contributed by atoms with E-state index in [1.165, 1.54) is 6.42 Å². The lowest BCUT2D eigenvalue weighted by Gasteiger charge is -2.42. The molecule has 40 heavy (non-hydrogen) atoms. The highest BCUT2D eigenvalue weighted by atomic mass is 35.5. The first kappa shape index (κ1) is 30.0. The molecule has 11 heteroatoms. The summed E-state index contributed by atoms with van der Waals surface area (Å²) < 4.78 is 1.77. The van der Waals surface area contributed by atoms with Crippen molar-refractivity contribution >= 4 is 30.1 Å². The van der Waals surface area contributed by atoms with Crippen molar-refractivity contribution in [1.29, 1.82) is 0 Å². The van der Waals surface area contributed by atoms with Gasteiger partial charge in [0, 0.05) is 45.2 Å². The summed E-state index contributed by atoms with van der Waals surface area (Å²) in [5.41, 5.74) is 7.39. The first-order valence-corrected chi connectivity index (χ1v) is 14.5. The number of hydrogen-bond donors (Lipinski definition) is 3. The van der Waals surface area contributed by atoms with Gasteiger partial charge < -0.3 is 21.3 Å². The number of halogens is 1. The monoisotopic (exact) mass is 571 g/mol. The molecule has 2 fully saturated rings. The van der Waals surface area contributed by atoms with Crippen molar-refractivity contribution in [2.45, 2.75) is 82.8 Å². The van der Waals surface area contributed by atoms with Crippen LogP contribution in [0, 0.1) is 11.3 Å². The van der Waals surface area contributed by atoms with E-state index < -0.39 is 17.5 Å². The number of nitrogens with zero attached hydrogens (tertiary/aromatic N) is 4. The third kappa shape index (κ3) is 7.01. The lowest BCUT2D eigenvalue weighted by atomic mass is 9.73. The Bertz CT molecular complexity index is 1140. The van der Waals surface area contributed by atoms with Crippen molar-refractivity contribution in [3.05, 3.63) is 47.8 Å². The van der Waals surface area contributed by atoms with Crippen molar-refractivity contribution < 1.29 is 14.4 Å². The van der Waals surface area contributed by atoms with Crippen LogP contribution in [0.1, 0.15) is 62.6 Å². The number of aromatic nitrogens is 3. The number of amides is 3. The van der Waals surface area contributed by atoms with Gasteiger partial charge in [-0.2, -0.15) is 0 Å². The molecular formula is C29H42ClN7O3. The van der Waals surface area contributed by atoms with Crippen LogP contribution in [0.2, 0.25) is 0 Å². The first-order chi connectivity index (χ1) is 18.9. The molecule has 218 valence electrons. The van der Waals surface area contributed by atoms with Crippen molar-refractivity contribution in [2.24, 2.45) is 17.1 Å². The smallest absolute Gasteiger partial charge is 0.242 e. The molecule has 2 aliphatic heterocycles. The molecule has 1 saturated heterocycles. The second-order valence-electron chi connectivity index (χ2n) is 11.5. The van der Waals surface area contributed by atoms with Crippen LogP contribution in [0.3, 0.4) is 0 Å². The zero-order chi connectivity index (χ0) is 27.2. The van der Waals surface area contributed by atoms with Crippen molar-refractivity contribution in [1.82, 2.24) is 30.5 Å². The van der Waals surface area contributed by atoms with E-state index in [4.69, 9.17) is 5.73 Å². The zero-order valence-corrected chi connectivity index (χ0v) is 23.9. The van der Waals surface area contributed by atoms with Gasteiger partial charge in [-0.25, -0.2) is 0 Å². The molecule has 3 heterocycles. The van der Waals surface area contributed by atoms with Gasteiger partial charge in [0.2, 0.25) is 17.7 Å². The molecule has 4 N–H and O–H groups in total. The zero-order valence-electron chi connectivity index (χ0n) is 23.1. The molecule has 2 bridgehead atoms. The van der Waals surface area contributed by atoms with Gasteiger partial charge in [-0.15, -0.1) is 17.5 Å². The number of fused-ring (bicyclic) bond motifs is 2. The molecule has 1 saturated carbocycles. The highest BCUT2D eigenvalue weighted by Gasteiger charge is 2.45. The maximum atomic E-state index is 14.0. The van der Waals surface area contributed by atoms with Gasteiger partial charge in [-0.05, 0) is 43.6 Å². The summed E-state index contributed by atoms with van der Waals surface area (Å²) in [5, 5.41) is 14.7. The van der Waals surface area contributed by atoms with Gasteiger partial charge in [0.25, 0.3) is 0 Å². The maximum Gasteiger partial charge on any atom is 0.242 e. The molecule has 1 aliphatic carbocycles. The Labute approximate surface area is 242 Å². The Kier molecular flexibility index (Phi) is 10.2. The van der Waals surface area contributed by atoms with E-state index in [9.17, 15) is 14.4 Å². The second-order valence-corrected chi connectivity index (χ2v) is 11.5. The minimum Gasteiger partial charge on any atom is -0.354 e. The average Bonchev–Trinajstić information content (AvgIpc) is 3.41. The summed E-state index contributed by atoms with van der Waals surface area (Å²) in [5.74, 6) is -0.126. The summed E-state index contributed by atoms with van der Waals surface area (Å²) in [6.07, 6.45) is 9.88. The van der Waals surface area contributed by atoms with Crippen molar-refractivity contribution in [2.75, 3.05) is 19.6 Å². The minimum atomic E-state index is -0.796. The number of carbonyl (C=O) groups excluding carboxylic acids is 3. The third-order valence-electron chi connectivity index (χ3n) is 8.83. The lowest BCUT2D eigenvalue weighted by Crippen LogP contribution is -2.58. The number of benzene rings is 1. The highest BCUT2D eigenvalue weighted by molar-refractivity contribution is 5.91. The van der Waals surface area contributed by atoms with Crippen molar-refractivity contribution in [3.63, 3.8) is 0 Å². The Hall–Kier alpha value is -2.98. The van der Waals surface area contributed by atoms with E-state index in [1.54, 1.807) is 4.68 Å². The quantitative estimate of drug-likeness (QED) is 0.514. The van der Waals surface area contributed by atoms with Crippen LogP contribution in [-0.4, -0.2) is 69.3 Å². The predicted molar refractivity (Wildman–Crippen MR) is 153 cm³/mol. The minimum absolute atomic E-state index is 0. The van der Waals surface area contributed by atoms with Gasteiger partial charge in [0.1, 0.15) is 6.04 Å².